The van der Waals surface area contributed by atoms with Gasteiger partial charge in [-0.1, -0.05) is 13.0 Å². The minimum Gasteiger partial charge on any atom is -0.481 e. The molecule has 2 bridgehead atoms. The number of aromatic nitrogens is 1. The summed E-state index contributed by atoms with van der Waals surface area (Å²) in [5, 5.41) is 0. The summed E-state index contributed by atoms with van der Waals surface area (Å²) < 4.78 is 38.6. The Morgan fingerprint density at radius 2 is 2.00 bits per heavy atom. The van der Waals surface area contributed by atoms with Crippen molar-refractivity contribution in [3.8, 4) is 5.88 Å². The van der Waals surface area contributed by atoms with E-state index in [4.69, 9.17) is 13.7 Å². The fourth-order valence-corrected chi connectivity index (χ4v) is 4.92. The normalized spacial score (nSPS) is 30.5. The molecule has 0 amide bonds. The van der Waals surface area contributed by atoms with Gasteiger partial charge in [0.15, 0.2) is 11.2 Å². The first-order chi connectivity index (χ1) is 12.1. The van der Waals surface area contributed by atoms with Crippen molar-refractivity contribution in [3.63, 3.8) is 0 Å². The topological polar surface area (TPSA) is 109 Å². The molecular weight excluding hydrogens is 362 g/mol. The SMILES string of the molecule is COC(=O)C12CC(C)C(OS(C)(=O)=O)C(Cc3nc(OC)ccc31)C2=O. The highest BCUT2D eigenvalue weighted by Crippen LogP contribution is 2.50. The Hall–Kier alpha value is -2.00. The van der Waals surface area contributed by atoms with Crippen LogP contribution in [0.4, 0.5) is 0 Å². The van der Waals surface area contributed by atoms with Crippen molar-refractivity contribution < 1.29 is 31.7 Å². The molecule has 4 atom stereocenters. The quantitative estimate of drug-likeness (QED) is 0.423. The lowest BCUT2D eigenvalue weighted by molar-refractivity contribution is -0.160. The van der Waals surface area contributed by atoms with E-state index in [2.05, 4.69) is 4.98 Å². The monoisotopic (exact) mass is 383 g/mol. The summed E-state index contributed by atoms with van der Waals surface area (Å²) in [5.74, 6) is -1.84. The molecule has 142 valence electrons. The van der Waals surface area contributed by atoms with Gasteiger partial charge in [-0.15, -0.1) is 0 Å². The summed E-state index contributed by atoms with van der Waals surface area (Å²) in [6.45, 7) is 1.77. The number of rotatable bonds is 4. The van der Waals surface area contributed by atoms with Crippen LogP contribution >= 0.6 is 0 Å². The molecule has 8 nitrogen and oxygen atoms in total. The molecule has 2 aliphatic rings. The summed E-state index contributed by atoms with van der Waals surface area (Å²) in [6, 6.07) is 3.26. The molecule has 0 radical (unpaired) electrons. The number of ether oxygens (including phenoxy) is 2. The minimum absolute atomic E-state index is 0.0935. The Balaban J connectivity index is 2.19. The van der Waals surface area contributed by atoms with Gasteiger partial charge >= 0.3 is 5.97 Å². The van der Waals surface area contributed by atoms with Crippen LogP contribution in [-0.2, 0) is 40.5 Å². The van der Waals surface area contributed by atoms with Crippen LogP contribution in [0, 0.1) is 11.8 Å². The number of pyridine rings is 1. The third kappa shape index (κ3) is 2.79. The number of carbonyl (C=O) groups is 2. The maximum atomic E-state index is 13.3. The Morgan fingerprint density at radius 1 is 1.31 bits per heavy atom. The summed E-state index contributed by atoms with van der Waals surface area (Å²) >= 11 is 0. The number of ketones is 1. The standard InChI is InChI=1S/C17H21NO7S/c1-9-8-17(16(20)24-3)11-5-6-13(23-2)18-12(11)7-10(15(17)19)14(9)25-26(4,21)22/h5-6,9-10,14H,7-8H2,1-4H3. The maximum Gasteiger partial charge on any atom is 0.323 e. The number of carbonyl (C=O) groups excluding carboxylic acids is 2. The molecule has 0 saturated heterocycles. The molecule has 1 saturated carbocycles. The number of hydrogen-bond donors (Lipinski definition) is 0. The van der Waals surface area contributed by atoms with E-state index in [1.807, 2.05) is 0 Å². The summed E-state index contributed by atoms with van der Waals surface area (Å²) in [4.78, 5) is 30.3. The third-order valence-corrected chi connectivity index (χ3v) is 5.77. The van der Waals surface area contributed by atoms with E-state index in [0.29, 0.717) is 17.1 Å². The molecule has 1 fully saturated rings. The van der Waals surface area contributed by atoms with Crippen LogP contribution in [-0.4, -0.2) is 51.7 Å². The zero-order valence-electron chi connectivity index (χ0n) is 15.0. The van der Waals surface area contributed by atoms with Gasteiger partial charge in [-0.3, -0.25) is 13.8 Å². The van der Waals surface area contributed by atoms with Gasteiger partial charge < -0.3 is 9.47 Å². The second-order valence-corrected chi connectivity index (χ2v) is 8.47. The largest absolute Gasteiger partial charge is 0.481 e. The fourth-order valence-electron chi connectivity index (χ4n) is 4.19. The molecule has 0 aromatic carbocycles. The fraction of sp³-hybridized carbons (Fsp3) is 0.588. The van der Waals surface area contributed by atoms with Gasteiger partial charge in [0.1, 0.15) is 0 Å². The van der Waals surface area contributed by atoms with E-state index >= 15 is 0 Å². The van der Waals surface area contributed by atoms with Gasteiger partial charge in [-0.05, 0) is 17.9 Å². The molecule has 1 aromatic heterocycles. The van der Waals surface area contributed by atoms with E-state index in [-0.39, 0.29) is 24.5 Å². The van der Waals surface area contributed by atoms with Crippen LogP contribution in [0.25, 0.3) is 0 Å². The van der Waals surface area contributed by atoms with Gasteiger partial charge in [-0.25, -0.2) is 4.98 Å². The third-order valence-electron chi connectivity index (χ3n) is 5.19. The van der Waals surface area contributed by atoms with Gasteiger partial charge in [0.05, 0.1) is 38.2 Å². The first kappa shape index (κ1) is 18.8. The molecule has 9 heteroatoms. The number of hydrogen-bond acceptors (Lipinski definition) is 8. The smallest absolute Gasteiger partial charge is 0.323 e. The Labute approximate surface area is 152 Å². The van der Waals surface area contributed by atoms with Crippen LogP contribution in [0.15, 0.2) is 12.1 Å². The molecular formula is C17H21NO7S. The van der Waals surface area contributed by atoms with Crippen LogP contribution in [0.3, 0.4) is 0 Å². The van der Waals surface area contributed by atoms with Crippen LogP contribution in [0.1, 0.15) is 24.6 Å². The molecule has 3 rings (SSSR count). The zero-order valence-corrected chi connectivity index (χ0v) is 15.8. The molecule has 2 aliphatic carbocycles. The first-order valence-electron chi connectivity index (χ1n) is 8.19. The number of methoxy groups -OCH3 is 2. The van der Waals surface area contributed by atoms with Crippen molar-refractivity contribution >= 4 is 21.9 Å². The lowest BCUT2D eigenvalue weighted by atomic mass is 9.56. The summed E-state index contributed by atoms with van der Waals surface area (Å²) in [5.41, 5.74) is -0.479. The minimum atomic E-state index is -3.77. The zero-order chi connectivity index (χ0) is 19.3. The van der Waals surface area contributed by atoms with Crippen molar-refractivity contribution in [2.75, 3.05) is 20.5 Å². The second-order valence-electron chi connectivity index (χ2n) is 6.87. The lowest BCUT2D eigenvalue weighted by Crippen LogP contribution is -2.61. The van der Waals surface area contributed by atoms with E-state index in [0.717, 1.165) is 6.26 Å². The van der Waals surface area contributed by atoms with Gasteiger partial charge in [0.2, 0.25) is 5.88 Å². The van der Waals surface area contributed by atoms with E-state index in [1.54, 1.807) is 19.1 Å². The molecule has 4 unspecified atom stereocenters. The van der Waals surface area contributed by atoms with E-state index in [9.17, 15) is 18.0 Å². The molecule has 26 heavy (non-hydrogen) atoms. The van der Waals surface area contributed by atoms with Gasteiger partial charge in [0.25, 0.3) is 10.1 Å². The first-order valence-corrected chi connectivity index (χ1v) is 10.0. The van der Waals surface area contributed by atoms with E-state index in [1.165, 1.54) is 14.2 Å². The summed E-state index contributed by atoms with van der Waals surface area (Å²) in [7, 11) is -1.07. The highest BCUT2D eigenvalue weighted by molar-refractivity contribution is 7.86. The second kappa shape index (κ2) is 6.31. The maximum absolute atomic E-state index is 13.3. The number of Topliss-reactive ketones (excluding diaryl/α,β-unsaturated/α-hetero) is 1. The van der Waals surface area contributed by atoms with Crippen molar-refractivity contribution in [2.45, 2.75) is 31.3 Å². The van der Waals surface area contributed by atoms with Crippen LogP contribution < -0.4 is 4.74 Å². The Morgan fingerprint density at radius 3 is 2.58 bits per heavy atom. The van der Waals surface area contributed by atoms with Gasteiger partial charge in [0, 0.05) is 12.5 Å². The number of fused-ring (bicyclic) bond motifs is 4. The van der Waals surface area contributed by atoms with Crippen molar-refractivity contribution in [2.24, 2.45) is 11.8 Å². The van der Waals surface area contributed by atoms with Crippen molar-refractivity contribution in [1.29, 1.82) is 0 Å². The molecule has 0 spiro atoms. The van der Waals surface area contributed by atoms with Gasteiger partial charge in [-0.2, -0.15) is 8.42 Å². The Kier molecular flexibility index (Phi) is 4.56. The molecule has 1 aromatic rings. The van der Waals surface area contributed by atoms with Crippen molar-refractivity contribution in [3.05, 3.63) is 23.4 Å². The number of esters is 1. The van der Waals surface area contributed by atoms with Crippen LogP contribution in [0.5, 0.6) is 5.88 Å². The summed E-state index contributed by atoms with van der Waals surface area (Å²) in [6.07, 6.45) is 0.367. The lowest BCUT2D eigenvalue weighted by Gasteiger charge is -2.47. The average molecular weight is 383 g/mol. The average Bonchev–Trinajstić information content (AvgIpc) is 2.58. The van der Waals surface area contributed by atoms with Crippen LogP contribution in [0.2, 0.25) is 0 Å². The number of nitrogens with zero attached hydrogens (tertiary/aromatic N) is 1. The predicted molar refractivity (Wildman–Crippen MR) is 90.2 cm³/mol. The molecule has 0 aliphatic heterocycles. The highest BCUT2D eigenvalue weighted by Gasteiger charge is 2.62. The molecule has 1 heterocycles. The highest BCUT2D eigenvalue weighted by atomic mass is 32.2. The predicted octanol–water partition coefficient (Wildman–Crippen LogP) is 0.627. The Bertz CT molecular complexity index is 866. The molecule has 0 N–H and O–H groups in total. The van der Waals surface area contributed by atoms with E-state index < -0.39 is 33.5 Å². The van der Waals surface area contributed by atoms with Crippen molar-refractivity contribution in [1.82, 2.24) is 4.98 Å².